The van der Waals surface area contributed by atoms with E-state index < -0.39 is 0 Å². The van der Waals surface area contributed by atoms with E-state index in [1.54, 1.807) is 6.07 Å². The van der Waals surface area contributed by atoms with E-state index in [1.807, 2.05) is 6.92 Å². The van der Waals surface area contributed by atoms with Crippen molar-refractivity contribution in [3.8, 4) is 0 Å². The van der Waals surface area contributed by atoms with Crippen molar-refractivity contribution < 1.29 is 4.79 Å². The Morgan fingerprint density at radius 1 is 1.69 bits per heavy atom. The fraction of sp³-hybridized carbons (Fsp3) is 0.545. The highest BCUT2D eigenvalue weighted by Gasteiger charge is 2.22. The number of anilines is 1. The lowest BCUT2D eigenvalue weighted by atomic mass is 10.2. The third kappa shape index (κ3) is 2.36. The number of likely N-dealkylation sites (tertiary alicyclic amines) is 1. The summed E-state index contributed by atoms with van der Waals surface area (Å²) in [6.07, 6.45) is 1.03. The third-order valence-corrected chi connectivity index (χ3v) is 3.97. The minimum atomic E-state index is 0.00472. The first-order chi connectivity index (χ1) is 7.56. The van der Waals surface area contributed by atoms with Crippen molar-refractivity contribution >= 4 is 22.9 Å². The molecule has 1 aromatic heterocycles. The van der Waals surface area contributed by atoms with E-state index in [1.165, 1.54) is 11.3 Å². The molecular formula is C11H17N3OS. The summed E-state index contributed by atoms with van der Waals surface area (Å²) in [6.45, 7) is 3.92. The summed E-state index contributed by atoms with van der Waals surface area (Å²) in [6, 6.07) is 2.04. The quantitative estimate of drug-likeness (QED) is 0.811. The van der Waals surface area contributed by atoms with E-state index in [4.69, 9.17) is 5.73 Å². The maximum atomic E-state index is 11.9. The molecule has 2 rings (SSSR count). The highest BCUT2D eigenvalue weighted by Crippen LogP contribution is 2.23. The summed E-state index contributed by atoms with van der Waals surface area (Å²) in [7, 11) is 2.07. The summed E-state index contributed by atoms with van der Waals surface area (Å²) in [5.74, 6) is 0.00472. The van der Waals surface area contributed by atoms with Crippen molar-refractivity contribution in [2.45, 2.75) is 19.4 Å². The second-order valence-electron chi connectivity index (χ2n) is 4.34. The van der Waals surface area contributed by atoms with Crippen molar-refractivity contribution in [2.24, 2.45) is 0 Å². The smallest absolute Gasteiger partial charge is 0.261 e. The van der Waals surface area contributed by atoms with Gasteiger partial charge < -0.3 is 16.0 Å². The number of hydrogen-bond acceptors (Lipinski definition) is 4. The Morgan fingerprint density at radius 3 is 2.94 bits per heavy atom. The summed E-state index contributed by atoms with van der Waals surface area (Å²) >= 11 is 1.46. The summed E-state index contributed by atoms with van der Waals surface area (Å²) in [4.78, 5) is 15.8. The first kappa shape index (κ1) is 11.4. The average Bonchev–Trinajstić information content (AvgIpc) is 2.75. The molecule has 0 saturated carbocycles. The van der Waals surface area contributed by atoms with Gasteiger partial charge in [-0.3, -0.25) is 4.79 Å². The number of nitrogens with one attached hydrogen (secondary N) is 1. The maximum Gasteiger partial charge on any atom is 0.261 e. The molecule has 1 aliphatic heterocycles. The van der Waals surface area contributed by atoms with Crippen LogP contribution in [0.2, 0.25) is 0 Å². The lowest BCUT2D eigenvalue weighted by Gasteiger charge is -2.11. The van der Waals surface area contributed by atoms with Gasteiger partial charge in [0.15, 0.2) is 0 Å². The molecule has 1 aromatic rings. The molecule has 0 radical (unpaired) electrons. The minimum absolute atomic E-state index is 0.00472. The molecule has 0 aliphatic carbocycles. The summed E-state index contributed by atoms with van der Waals surface area (Å²) in [5.41, 5.74) is 6.44. The number of carbonyl (C=O) groups is 1. The minimum Gasteiger partial charge on any atom is -0.398 e. The van der Waals surface area contributed by atoms with E-state index >= 15 is 0 Å². The highest BCUT2D eigenvalue weighted by molar-refractivity contribution is 7.14. The van der Waals surface area contributed by atoms with Crippen LogP contribution in [0.1, 0.15) is 21.0 Å². The molecule has 4 nitrogen and oxygen atoms in total. The van der Waals surface area contributed by atoms with Crippen LogP contribution < -0.4 is 11.1 Å². The van der Waals surface area contributed by atoms with Gasteiger partial charge >= 0.3 is 0 Å². The standard InChI is InChI=1S/C11H17N3OS/c1-7-9(12)5-10(16-7)11(15)13-8-3-4-14(2)6-8/h5,8H,3-4,6,12H2,1-2H3,(H,13,15). The van der Waals surface area contributed by atoms with Gasteiger partial charge in [0.05, 0.1) is 4.88 Å². The van der Waals surface area contributed by atoms with Crippen molar-refractivity contribution in [1.29, 1.82) is 0 Å². The SMILES string of the molecule is Cc1sc(C(=O)NC2CCN(C)C2)cc1N. The maximum absolute atomic E-state index is 11.9. The monoisotopic (exact) mass is 239 g/mol. The Hall–Kier alpha value is -1.07. The number of thiophene rings is 1. The lowest BCUT2D eigenvalue weighted by Crippen LogP contribution is -2.36. The molecule has 88 valence electrons. The van der Waals surface area contributed by atoms with Crippen LogP contribution in [0, 0.1) is 6.92 Å². The summed E-state index contributed by atoms with van der Waals surface area (Å²) in [5, 5.41) is 3.04. The molecule has 1 amide bonds. The number of rotatable bonds is 2. The second-order valence-corrected chi connectivity index (χ2v) is 5.60. The lowest BCUT2D eigenvalue weighted by molar-refractivity contribution is 0.0942. The highest BCUT2D eigenvalue weighted by atomic mass is 32.1. The van der Waals surface area contributed by atoms with Crippen LogP contribution in [0.5, 0.6) is 0 Å². The van der Waals surface area contributed by atoms with Crippen molar-refractivity contribution in [3.05, 3.63) is 15.8 Å². The molecule has 5 heteroatoms. The molecule has 1 aliphatic rings. The number of hydrogen-bond donors (Lipinski definition) is 2. The van der Waals surface area contributed by atoms with Gasteiger partial charge in [-0.2, -0.15) is 0 Å². The van der Waals surface area contributed by atoms with E-state index in [2.05, 4.69) is 17.3 Å². The summed E-state index contributed by atoms with van der Waals surface area (Å²) < 4.78 is 0. The second kappa shape index (κ2) is 4.43. The molecule has 1 saturated heterocycles. The van der Waals surface area contributed by atoms with Gasteiger partial charge in [0.25, 0.3) is 5.91 Å². The van der Waals surface area contributed by atoms with Crippen LogP contribution in [0.25, 0.3) is 0 Å². The van der Waals surface area contributed by atoms with Crippen LogP contribution >= 0.6 is 11.3 Å². The molecule has 2 heterocycles. The number of nitrogens with two attached hydrogens (primary N) is 1. The van der Waals surface area contributed by atoms with Crippen LogP contribution in [0.3, 0.4) is 0 Å². The number of nitrogens with zero attached hydrogens (tertiary/aromatic N) is 1. The van der Waals surface area contributed by atoms with Crippen LogP contribution in [-0.2, 0) is 0 Å². The first-order valence-electron chi connectivity index (χ1n) is 5.41. The van der Waals surface area contributed by atoms with Crippen molar-refractivity contribution in [1.82, 2.24) is 10.2 Å². The number of likely N-dealkylation sites (N-methyl/N-ethyl adjacent to an activating group) is 1. The fourth-order valence-electron chi connectivity index (χ4n) is 1.92. The Morgan fingerprint density at radius 2 is 2.44 bits per heavy atom. The van der Waals surface area contributed by atoms with Crippen molar-refractivity contribution in [3.63, 3.8) is 0 Å². The Bertz CT molecular complexity index is 382. The van der Waals surface area contributed by atoms with Gasteiger partial charge in [0, 0.05) is 23.2 Å². The molecule has 0 bridgehead atoms. The topological polar surface area (TPSA) is 58.4 Å². The van der Waals surface area contributed by atoms with Gasteiger partial charge in [-0.05, 0) is 33.0 Å². The number of carbonyl (C=O) groups excluding carboxylic acids is 1. The Kier molecular flexibility index (Phi) is 3.16. The molecule has 1 unspecified atom stereocenters. The van der Waals surface area contributed by atoms with Gasteiger partial charge in [0.1, 0.15) is 0 Å². The molecular weight excluding hydrogens is 222 g/mol. The zero-order chi connectivity index (χ0) is 11.7. The molecule has 0 aromatic carbocycles. The first-order valence-corrected chi connectivity index (χ1v) is 6.23. The predicted molar refractivity (Wildman–Crippen MR) is 66.8 cm³/mol. The third-order valence-electron chi connectivity index (χ3n) is 2.91. The van der Waals surface area contributed by atoms with E-state index in [0.717, 1.165) is 24.4 Å². The molecule has 3 N–H and O–H groups in total. The molecule has 1 atom stereocenters. The van der Waals surface area contributed by atoms with E-state index in [-0.39, 0.29) is 11.9 Å². The molecule has 16 heavy (non-hydrogen) atoms. The van der Waals surface area contributed by atoms with Crippen LogP contribution in [-0.4, -0.2) is 37.0 Å². The Labute approximate surface area is 99.4 Å². The van der Waals surface area contributed by atoms with Gasteiger partial charge in [0.2, 0.25) is 0 Å². The van der Waals surface area contributed by atoms with Crippen LogP contribution in [0.15, 0.2) is 6.07 Å². The fourth-order valence-corrected chi connectivity index (χ4v) is 2.76. The average molecular weight is 239 g/mol. The Balaban J connectivity index is 1.98. The number of nitrogen functional groups attached to an aromatic ring is 1. The molecule has 1 fully saturated rings. The predicted octanol–water partition coefficient (Wildman–Crippen LogP) is 1.07. The van der Waals surface area contributed by atoms with Gasteiger partial charge in [-0.15, -0.1) is 11.3 Å². The normalized spacial score (nSPS) is 21.2. The zero-order valence-corrected chi connectivity index (χ0v) is 10.4. The zero-order valence-electron chi connectivity index (χ0n) is 9.62. The van der Waals surface area contributed by atoms with Gasteiger partial charge in [-0.1, -0.05) is 0 Å². The molecule has 0 spiro atoms. The number of amides is 1. The number of aryl methyl sites for hydroxylation is 1. The van der Waals surface area contributed by atoms with E-state index in [9.17, 15) is 4.79 Å². The van der Waals surface area contributed by atoms with Crippen LogP contribution in [0.4, 0.5) is 5.69 Å². The van der Waals surface area contributed by atoms with Crippen molar-refractivity contribution in [2.75, 3.05) is 25.9 Å². The van der Waals surface area contributed by atoms with E-state index in [0.29, 0.717) is 10.6 Å². The largest absolute Gasteiger partial charge is 0.398 e. The van der Waals surface area contributed by atoms with Gasteiger partial charge in [-0.25, -0.2) is 0 Å².